The molecule has 1 aromatic heterocycles. The molecule has 22 heavy (non-hydrogen) atoms. The van der Waals surface area contributed by atoms with Crippen LogP contribution in [0.2, 0.25) is 0 Å². The van der Waals surface area contributed by atoms with Gasteiger partial charge in [0.1, 0.15) is 5.76 Å². The lowest BCUT2D eigenvalue weighted by Crippen LogP contribution is -2.33. The van der Waals surface area contributed by atoms with Gasteiger partial charge in [0.25, 0.3) is 0 Å². The monoisotopic (exact) mass is 301 g/mol. The molecule has 0 fully saturated rings. The minimum Gasteiger partial charge on any atom is -0.360 e. The second-order valence-corrected chi connectivity index (χ2v) is 5.16. The maximum absolute atomic E-state index is 11.9. The molecule has 1 unspecified atom stereocenters. The fourth-order valence-corrected chi connectivity index (χ4v) is 2.04. The van der Waals surface area contributed by atoms with Crippen LogP contribution in [-0.4, -0.2) is 23.5 Å². The summed E-state index contributed by atoms with van der Waals surface area (Å²) in [6, 6.07) is 11.4. The van der Waals surface area contributed by atoms with Crippen molar-refractivity contribution in [3.8, 4) is 0 Å². The van der Waals surface area contributed by atoms with Crippen molar-refractivity contribution in [3.63, 3.8) is 0 Å². The molecule has 0 aliphatic heterocycles. The maximum atomic E-state index is 11.9. The van der Waals surface area contributed by atoms with Gasteiger partial charge in [-0.15, -0.1) is 0 Å². The van der Waals surface area contributed by atoms with Crippen molar-refractivity contribution < 1.29 is 14.1 Å². The zero-order valence-corrected chi connectivity index (χ0v) is 12.6. The van der Waals surface area contributed by atoms with Crippen molar-refractivity contribution in [1.82, 2.24) is 10.5 Å². The molecule has 6 nitrogen and oxygen atoms in total. The Balaban J connectivity index is 1.74. The van der Waals surface area contributed by atoms with Crippen LogP contribution in [-0.2, 0) is 9.59 Å². The molecule has 0 bridgehead atoms. The predicted molar refractivity (Wildman–Crippen MR) is 82.4 cm³/mol. The molecule has 2 aromatic rings. The lowest BCUT2D eigenvalue weighted by Gasteiger charge is -2.11. The van der Waals surface area contributed by atoms with E-state index in [-0.39, 0.29) is 24.3 Å². The quantitative estimate of drug-likeness (QED) is 0.857. The van der Waals surface area contributed by atoms with Gasteiger partial charge in [-0.1, -0.05) is 42.4 Å². The molecule has 0 aliphatic carbocycles. The smallest absolute Gasteiger partial charge is 0.245 e. The summed E-state index contributed by atoms with van der Waals surface area (Å²) >= 11 is 0. The van der Waals surface area contributed by atoms with Crippen LogP contribution >= 0.6 is 0 Å². The third-order valence-corrected chi connectivity index (χ3v) is 3.20. The van der Waals surface area contributed by atoms with Crippen LogP contribution in [0.5, 0.6) is 0 Å². The summed E-state index contributed by atoms with van der Waals surface area (Å²) in [6.07, 6.45) is 0.334. The zero-order chi connectivity index (χ0) is 15.9. The van der Waals surface area contributed by atoms with E-state index in [0.29, 0.717) is 18.0 Å². The van der Waals surface area contributed by atoms with E-state index in [0.717, 1.165) is 5.56 Å². The van der Waals surface area contributed by atoms with Crippen LogP contribution in [0.3, 0.4) is 0 Å². The van der Waals surface area contributed by atoms with Crippen LogP contribution in [0.25, 0.3) is 0 Å². The van der Waals surface area contributed by atoms with Crippen LogP contribution in [0, 0.1) is 6.92 Å². The number of carbonyl (C=O) groups excluding carboxylic acids is 2. The van der Waals surface area contributed by atoms with Crippen molar-refractivity contribution in [2.24, 2.45) is 0 Å². The minimum atomic E-state index is -0.339. The maximum Gasteiger partial charge on any atom is 0.245 e. The van der Waals surface area contributed by atoms with Crippen molar-refractivity contribution in [3.05, 3.63) is 47.7 Å². The lowest BCUT2D eigenvalue weighted by molar-refractivity contribution is -0.124. The van der Waals surface area contributed by atoms with Gasteiger partial charge in [0.15, 0.2) is 5.82 Å². The lowest BCUT2D eigenvalue weighted by atomic mass is 9.98. The first-order valence-electron chi connectivity index (χ1n) is 7.09. The Morgan fingerprint density at radius 3 is 2.59 bits per heavy atom. The third-order valence-electron chi connectivity index (χ3n) is 3.20. The molecule has 6 heteroatoms. The first kappa shape index (κ1) is 15.8. The van der Waals surface area contributed by atoms with Crippen molar-refractivity contribution in [2.45, 2.75) is 26.2 Å². The van der Waals surface area contributed by atoms with E-state index in [9.17, 15) is 9.59 Å². The number of benzene rings is 1. The first-order valence-corrected chi connectivity index (χ1v) is 7.09. The van der Waals surface area contributed by atoms with Crippen molar-refractivity contribution >= 4 is 17.6 Å². The molecule has 0 aliphatic rings. The van der Waals surface area contributed by atoms with Crippen LogP contribution in [0.15, 0.2) is 40.9 Å². The Labute approximate surface area is 128 Å². The summed E-state index contributed by atoms with van der Waals surface area (Å²) in [5.74, 6) is 0.546. The van der Waals surface area contributed by atoms with Gasteiger partial charge in [0, 0.05) is 12.5 Å². The number of aryl methyl sites for hydroxylation is 1. The summed E-state index contributed by atoms with van der Waals surface area (Å²) in [5.41, 5.74) is 1.10. The number of anilines is 1. The fourth-order valence-electron chi connectivity index (χ4n) is 2.04. The molecule has 2 N–H and O–H groups in total. The molecule has 1 atom stereocenters. The molecule has 0 spiro atoms. The van der Waals surface area contributed by atoms with Crippen LogP contribution in [0.4, 0.5) is 5.82 Å². The molecule has 2 rings (SSSR count). The Morgan fingerprint density at radius 2 is 1.95 bits per heavy atom. The topological polar surface area (TPSA) is 84.2 Å². The highest BCUT2D eigenvalue weighted by Crippen LogP contribution is 2.17. The van der Waals surface area contributed by atoms with E-state index < -0.39 is 0 Å². The Bertz CT molecular complexity index is 637. The fraction of sp³-hybridized carbons (Fsp3) is 0.312. The Kier molecular flexibility index (Phi) is 5.30. The van der Waals surface area contributed by atoms with E-state index >= 15 is 0 Å². The molecule has 0 saturated carbocycles. The summed E-state index contributed by atoms with van der Waals surface area (Å²) < 4.78 is 4.84. The zero-order valence-electron chi connectivity index (χ0n) is 12.6. The highest BCUT2D eigenvalue weighted by molar-refractivity contribution is 5.93. The number of hydrogen-bond donors (Lipinski definition) is 2. The second-order valence-electron chi connectivity index (χ2n) is 5.16. The number of nitrogens with one attached hydrogen (secondary N) is 2. The van der Waals surface area contributed by atoms with Crippen molar-refractivity contribution in [1.29, 1.82) is 0 Å². The molecule has 1 heterocycles. The van der Waals surface area contributed by atoms with E-state index in [1.807, 2.05) is 37.3 Å². The molecule has 1 aromatic carbocycles. The van der Waals surface area contributed by atoms with E-state index in [1.54, 1.807) is 13.0 Å². The third kappa shape index (κ3) is 4.73. The number of nitrogens with zero attached hydrogens (tertiary/aromatic N) is 1. The average molecular weight is 301 g/mol. The normalized spacial score (nSPS) is 11.7. The van der Waals surface area contributed by atoms with E-state index in [4.69, 9.17) is 4.52 Å². The van der Waals surface area contributed by atoms with E-state index in [2.05, 4.69) is 15.8 Å². The summed E-state index contributed by atoms with van der Waals surface area (Å²) in [7, 11) is 0. The number of carbonyl (C=O) groups is 2. The number of rotatable bonds is 6. The first-order chi connectivity index (χ1) is 10.5. The molecule has 2 amide bonds. The molecule has 0 radical (unpaired) electrons. The Hall–Kier alpha value is -2.63. The summed E-state index contributed by atoms with van der Waals surface area (Å²) in [4.78, 5) is 23.5. The average Bonchev–Trinajstić information content (AvgIpc) is 2.91. The predicted octanol–water partition coefficient (Wildman–Crippen LogP) is 2.23. The SMILES string of the molecule is Cc1cc(NC(=O)CNC(=O)CC(C)c2ccccc2)no1. The van der Waals surface area contributed by atoms with Crippen LogP contribution < -0.4 is 10.6 Å². The van der Waals surface area contributed by atoms with Gasteiger partial charge in [0.05, 0.1) is 6.54 Å². The van der Waals surface area contributed by atoms with Crippen LogP contribution in [0.1, 0.15) is 30.6 Å². The Morgan fingerprint density at radius 1 is 1.23 bits per heavy atom. The second kappa shape index (κ2) is 7.40. The van der Waals surface area contributed by atoms with Gasteiger partial charge in [-0.2, -0.15) is 0 Å². The minimum absolute atomic E-state index is 0.0910. The van der Waals surface area contributed by atoms with E-state index in [1.165, 1.54) is 0 Å². The number of amides is 2. The van der Waals surface area contributed by atoms with Gasteiger partial charge >= 0.3 is 0 Å². The standard InChI is InChI=1S/C16H19N3O3/c1-11(13-6-4-3-5-7-13)8-15(20)17-10-16(21)18-14-9-12(2)22-19-14/h3-7,9,11H,8,10H2,1-2H3,(H,17,20)(H,18,19,21). The summed E-state index contributed by atoms with van der Waals surface area (Å²) in [5, 5.41) is 8.80. The largest absolute Gasteiger partial charge is 0.360 e. The summed E-state index contributed by atoms with van der Waals surface area (Å²) in [6.45, 7) is 3.62. The number of hydrogen-bond acceptors (Lipinski definition) is 4. The van der Waals surface area contributed by atoms with Gasteiger partial charge < -0.3 is 15.2 Å². The molecule has 116 valence electrons. The van der Waals surface area contributed by atoms with Gasteiger partial charge in [-0.05, 0) is 18.4 Å². The van der Waals surface area contributed by atoms with Crippen molar-refractivity contribution in [2.75, 3.05) is 11.9 Å². The molecule has 0 saturated heterocycles. The highest BCUT2D eigenvalue weighted by atomic mass is 16.5. The van der Waals surface area contributed by atoms with Gasteiger partial charge in [0.2, 0.25) is 11.8 Å². The van der Waals surface area contributed by atoms with Gasteiger partial charge in [-0.3, -0.25) is 9.59 Å². The highest BCUT2D eigenvalue weighted by Gasteiger charge is 2.12. The molecular weight excluding hydrogens is 282 g/mol. The molecular formula is C16H19N3O3. The van der Waals surface area contributed by atoms with Gasteiger partial charge in [-0.25, -0.2) is 0 Å². The number of aromatic nitrogens is 1.